The summed E-state index contributed by atoms with van der Waals surface area (Å²) in [5.74, 6) is -0.210. The number of aromatic nitrogens is 2. The fraction of sp³-hybridized carbons (Fsp3) is 0.143. The highest BCUT2D eigenvalue weighted by Crippen LogP contribution is 2.30. The molecule has 0 radical (unpaired) electrons. The maximum absolute atomic E-state index is 12.6. The molecule has 0 aliphatic heterocycles. The minimum Gasteiger partial charge on any atom is -0.497 e. The molecule has 160 valence electrons. The summed E-state index contributed by atoms with van der Waals surface area (Å²) >= 11 is 1.37. The van der Waals surface area contributed by atoms with E-state index >= 15 is 0 Å². The maximum atomic E-state index is 12.6. The maximum Gasteiger partial charge on any atom is 0.573 e. The van der Waals surface area contributed by atoms with E-state index in [-0.39, 0.29) is 12.1 Å². The Labute approximate surface area is 178 Å². The summed E-state index contributed by atoms with van der Waals surface area (Å²) in [6.45, 7) is 0. The van der Waals surface area contributed by atoms with Crippen LogP contribution in [0.25, 0.3) is 16.2 Å². The quantitative estimate of drug-likeness (QED) is 0.444. The molecule has 2 heterocycles. The van der Waals surface area contributed by atoms with Crippen LogP contribution < -0.4 is 14.8 Å². The molecular weight excluding hydrogens is 431 g/mol. The van der Waals surface area contributed by atoms with Crippen molar-refractivity contribution in [3.63, 3.8) is 0 Å². The molecule has 10 heteroatoms. The second kappa shape index (κ2) is 8.31. The number of hydrogen-bond acceptors (Lipinski definition) is 5. The van der Waals surface area contributed by atoms with Crippen molar-refractivity contribution in [3.8, 4) is 22.8 Å². The first-order valence-corrected chi connectivity index (χ1v) is 9.95. The molecule has 4 aromatic rings. The van der Waals surface area contributed by atoms with Crippen LogP contribution in [0.3, 0.4) is 0 Å². The van der Waals surface area contributed by atoms with Gasteiger partial charge in [0.2, 0.25) is 5.91 Å². The minimum absolute atomic E-state index is 0.0429. The number of ether oxygens (including phenoxy) is 2. The van der Waals surface area contributed by atoms with Gasteiger partial charge >= 0.3 is 6.36 Å². The van der Waals surface area contributed by atoms with Gasteiger partial charge in [0.05, 0.1) is 24.9 Å². The van der Waals surface area contributed by atoms with Crippen molar-refractivity contribution in [1.82, 2.24) is 9.38 Å². The largest absolute Gasteiger partial charge is 0.573 e. The number of nitrogens with one attached hydrogen (secondary N) is 1. The molecule has 0 aliphatic rings. The number of hydrogen-bond donors (Lipinski definition) is 1. The second-order valence-electron chi connectivity index (χ2n) is 6.50. The highest BCUT2D eigenvalue weighted by molar-refractivity contribution is 7.15. The predicted octanol–water partition coefficient (Wildman–Crippen LogP) is 5.15. The molecule has 0 spiro atoms. The van der Waals surface area contributed by atoms with Crippen molar-refractivity contribution in [1.29, 1.82) is 0 Å². The first-order chi connectivity index (χ1) is 14.8. The third-order valence-electron chi connectivity index (χ3n) is 4.40. The number of imidazole rings is 1. The Morgan fingerprint density at radius 3 is 2.61 bits per heavy atom. The monoisotopic (exact) mass is 447 g/mol. The van der Waals surface area contributed by atoms with Crippen LogP contribution in [0.1, 0.15) is 5.69 Å². The topological polar surface area (TPSA) is 64.9 Å². The summed E-state index contributed by atoms with van der Waals surface area (Å²) in [6.07, 6.45) is -3.08. The Bertz CT molecular complexity index is 1220. The molecule has 0 saturated carbocycles. The van der Waals surface area contributed by atoms with Gasteiger partial charge in [-0.1, -0.05) is 12.1 Å². The summed E-state index contributed by atoms with van der Waals surface area (Å²) in [5.41, 5.74) is 2.24. The van der Waals surface area contributed by atoms with Crippen LogP contribution in [0.4, 0.5) is 18.9 Å². The Morgan fingerprint density at radius 2 is 1.90 bits per heavy atom. The first kappa shape index (κ1) is 20.7. The normalized spacial score (nSPS) is 11.5. The minimum atomic E-state index is -4.85. The van der Waals surface area contributed by atoms with Crippen LogP contribution in [0.15, 0.2) is 60.1 Å². The van der Waals surface area contributed by atoms with E-state index in [1.165, 1.54) is 29.5 Å². The van der Waals surface area contributed by atoms with Crippen LogP contribution >= 0.6 is 11.3 Å². The lowest BCUT2D eigenvalue weighted by Crippen LogP contribution is -2.20. The van der Waals surface area contributed by atoms with Crippen molar-refractivity contribution in [2.24, 2.45) is 0 Å². The summed E-state index contributed by atoms with van der Waals surface area (Å²) in [5, 5.41) is 4.27. The number of amides is 1. The van der Waals surface area contributed by atoms with Gasteiger partial charge < -0.3 is 14.8 Å². The molecule has 4 rings (SSSR count). The van der Waals surface area contributed by atoms with Crippen LogP contribution in [0.5, 0.6) is 11.5 Å². The van der Waals surface area contributed by atoms with Crippen molar-refractivity contribution in [2.75, 3.05) is 12.4 Å². The number of nitrogens with zero attached hydrogens (tertiary/aromatic N) is 2. The number of carbonyl (C=O) groups excluding carboxylic acids is 1. The van der Waals surface area contributed by atoms with Crippen molar-refractivity contribution in [2.45, 2.75) is 12.8 Å². The van der Waals surface area contributed by atoms with E-state index in [0.29, 0.717) is 10.7 Å². The number of fused-ring (bicyclic) bond motifs is 1. The zero-order valence-electron chi connectivity index (χ0n) is 16.1. The number of para-hydroxylation sites is 2. The van der Waals surface area contributed by atoms with Gasteiger partial charge in [-0.3, -0.25) is 9.20 Å². The molecule has 1 N–H and O–H groups in total. The lowest BCUT2D eigenvalue weighted by atomic mass is 10.2. The average molecular weight is 447 g/mol. The van der Waals surface area contributed by atoms with Crippen LogP contribution in [-0.4, -0.2) is 28.8 Å². The molecule has 0 unspecified atom stereocenters. The zero-order chi connectivity index (χ0) is 22.0. The number of benzene rings is 2. The van der Waals surface area contributed by atoms with Crippen molar-refractivity contribution >= 4 is 27.9 Å². The molecular formula is C21H16F3N3O3S. The molecule has 0 saturated heterocycles. The van der Waals surface area contributed by atoms with Gasteiger partial charge in [0.25, 0.3) is 0 Å². The van der Waals surface area contributed by atoms with E-state index in [0.717, 1.165) is 23.1 Å². The van der Waals surface area contributed by atoms with Crippen molar-refractivity contribution < 1.29 is 27.4 Å². The summed E-state index contributed by atoms with van der Waals surface area (Å²) in [6, 6.07) is 12.8. The third-order valence-corrected chi connectivity index (χ3v) is 5.29. The Kier molecular flexibility index (Phi) is 5.55. The van der Waals surface area contributed by atoms with Gasteiger partial charge in [0, 0.05) is 22.8 Å². The van der Waals surface area contributed by atoms with Gasteiger partial charge in [-0.25, -0.2) is 4.98 Å². The number of carbonyl (C=O) groups is 1. The van der Waals surface area contributed by atoms with Gasteiger partial charge in [0.15, 0.2) is 10.7 Å². The molecule has 0 bridgehead atoms. The van der Waals surface area contributed by atoms with Crippen LogP contribution in [-0.2, 0) is 11.2 Å². The lowest BCUT2D eigenvalue weighted by Gasteiger charge is -2.13. The van der Waals surface area contributed by atoms with Crippen LogP contribution in [0.2, 0.25) is 0 Å². The first-order valence-electron chi connectivity index (χ1n) is 9.07. The summed E-state index contributed by atoms with van der Waals surface area (Å²) in [7, 11) is 1.59. The van der Waals surface area contributed by atoms with Gasteiger partial charge in [-0.05, 0) is 36.4 Å². The lowest BCUT2D eigenvalue weighted by molar-refractivity contribution is -0.274. The fourth-order valence-corrected chi connectivity index (χ4v) is 3.87. The van der Waals surface area contributed by atoms with Crippen LogP contribution in [0, 0.1) is 0 Å². The molecule has 0 aliphatic carbocycles. The summed E-state index contributed by atoms with van der Waals surface area (Å²) < 4.78 is 48.6. The number of alkyl halides is 3. The van der Waals surface area contributed by atoms with Gasteiger partial charge in [-0.2, -0.15) is 0 Å². The standard InChI is InChI=1S/C21H16F3N3O3S/c1-29-15-8-6-13(7-9-15)17-11-27-14(12-31-20(27)26-17)10-19(28)25-16-4-2-3-5-18(16)30-21(22,23)24/h2-9,11-12H,10H2,1H3,(H,25,28). The Morgan fingerprint density at radius 1 is 1.16 bits per heavy atom. The van der Waals surface area contributed by atoms with Gasteiger partial charge in [-0.15, -0.1) is 24.5 Å². The van der Waals surface area contributed by atoms with E-state index in [1.807, 2.05) is 30.5 Å². The van der Waals surface area contributed by atoms with E-state index in [1.54, 1.807) is 16.9 Å². The summed E-state index contributed by atoms with van der Waals surface area (Å²) in [4.78, 5) is 17.8. The number of anilines is 1. The molecule has 1 amide bonds. The molecule has 0 fully saturated rings. The predicted molar refractivity (Wildman–Crippen MR) is 111 cm³/mol. The smallest absolute Gasteiger partial charge is 0.497 e. The molecule has 31 heavy (non-hydrogen) atoms. The number of methoxy groups -OCH3 is 1. The third kappa shape index (κ3) is 4.80. The second-order valence-corrected chi connectivity index (χ2v) is 7.34. The Balaban J connectivity index is 1.51. The van der Waals surface area contributed by atoms with E-state index < -0.39 is 18.0 Å². The Hall–Kier alpha value is -3.53. The number of rotatable bonds is 6. The zero-order valence-corrected chi connectivity index (χ0v) is 17.0. The van der Waals surface area contributed by atoms with Crippen molar-refractivity contribution in [3.05, 3.63) is 65.8 Å². The number of halogens is 3. The number of thiazole rings is 1. The van der Waals surface area contributed by atoms with E-state index in [2.05, 4.69) is 15.0 Å². The highest BCUT2D eigenvalue weighted by atomic mass is 32.1. The van der Waals surface area contributed by atoms with E-state index in [9.17, 15) is 18.0 Å². The molecule has 0 atom stereocenters. The average Bonchev–Trinajstić information content (AvgIpc) is 3.30. The van der Waals surface area contributed by atoms with E-state index in [4.69, 9.17) is 4.74 Å². The molecule has 2 aromatic carbocycles. The highest BCUT2D eigenvalue weighted by Gasteiger charge is 2.32. The SMILES string of the molecule is COc1ccc(-c2cn3c(CC(=O)Nc4ccccc4OC(F)(F)F)csc3n2)cc1. The molecule has 2 aromatic heterocycles. The fourth-order valence-electron chi connectivity index (χ4n) is 3.00. The van der Waals surface area contributed by atoms with Gasteiger partial charge in [0.1, 0.15) is 5.75 Å². The molecule has 6 nitrogen and oxygen atoms in total.